The Bertz CT molecular complexity index is 1090. The van der Waals surface area contributed by atoms with Crippen LogP contribution in [0.2, 0.25) is 0 Å². The summed E-state index contributed by atoms with van der Waals surface area (Å²) in [5.74, 6) is -0.455. The van der Waals surface area contributed by atoms with Crippen molar-refractivity contribution in [2.75, 3.05) is 5.32 Å². The van der Waals surface area contributed by atoms with Crippen LogP contribution in [0, 0.1) is 5.82 Å². The van der Waals surface area contributed by atoms with E-state index in [4.69, 9.17) is 5.14 Å². The third-order valence-electron chi connectivity index (χ3n) is 4.63. The lowest BCUT2D eigenvalue weighted by Gasteiger charge is -2.08. The molecule has 0 radical (unpaired) electrons. The lowest BCUT2D eigenvalue weighted by atomic mass is 10.2. The number of primary sulfonamides is 1. The number of anilines is 2. The number of benzene rings is 1. The van der Waals surface area contributed by atoms with Crippen LogP contribution in [-0.2, 0) is 10.0 Å². The highest BCUT2D eigenvalue weighted by Gasteiger charge is 2.20. The van der Waals surface area contributed by atoms with E-state index < -0.39 is 15.8 Å². The molecule has 0 atom stereocenters. The SMILES string of the molecule is NS(=O)(=O)c1ccc(Nc2ncc(F)c(-c3cn(C4CCCC4)nn3)n2)cc1. The summed E-state index contributed by atoms with van der Waals surface area (Å²) in [6.07, 6.45) is 7.14. The van der Waals surface area contributed by atoms with Crippen LogP contribution in [0.1, 0.15) is 31.7 Å². The lowest BCUT2D eigenvalue weighted by molar-refractivity contribution is 0.454. The van der Waals surface area contributed by atoms with Crippen molar-refractivity contribution < 1.29 is 12.8 Å². The Labute approximate surface area is 160 Å². The quantitative estimate of drug-likeness (QED) is 0.669. The van der Waals surface area contributed by atoms with Crippen molar-refractivity contribution in [3.63, 3.8) is 0 Å². The van der Waals surface area contributed by atoms with Crippen LogP contribution in [0.25, 0.3) is 11.4 Å². The van der Waals surface area contributed by atoms with Gasteiger partial charge in [-0.15, -0.1) is 5.10 Å². The van der Waals surface area contributed by atoms with Gasteiger partial charge in [-0.05, 0) is 37.1 Å². The van der Waals surface area contributed by atoms with E-state index in [1.54, 1.807) is 10.9 Å². The molecule has 0 spiro atoms. The smallest absolute Gasteiger partial charge is 0.238 e. The predicted octanol–water partition coefficient (Wildman–Crippen LogP) is 2.38. The lowest BCUT2D eigenvalue weighted by Crippen LogP contribution is -2.11. The van der Waals surface area contributed by atoms with Crippen LogP contribution in [-0.4, -0.2) is 33.4 Å². The first-order chi connectivity index (χ1) is 13.4. The van der Waals surface area contributed by atoms with Gasteiger partial charge in [-0.25, -0.2) is 32.6 Å². The minimum absolute atomic E-state index is 0.0118. The highest BCUT2D eigenvalue weighted by atomic mass is 32.2. The van der Waals surface area contributed by atoms with Gasteiger partial charge in [-0.2, -0.15) is 0 Å². The maximum absolute atomic E-state index is 14.3. The van der Waals surface area contributed by atoms with Crippen LogP contribution in [0.15, 0.2) is 41.6 Å². The van der Waals surface area contributed by atoms with Crippen LogP contribution in [0.4, 0.5) is 16.0 Å². The molecular weight excluding hydrogens is 385 g/mol. The molecule has 2 heterocycles. The first-order valence-corrected chi connectivity index (χ1v) is 10.3. The summed E-state index contributed by atoms with van der Waals surface area (Å²) in [6, 6.07) is 6.04. The van der Waals surface area contributed by atoms with Crippen molar-refractivity contribution in [1.29, 1.82) is 0 Å². The van der Waals surface area contributed by atoms with Crippen LogP contribution in [0.5, 0.6) is 0 Å². The van der Waals surface area contributed by atoms with Crippen molar-refractivity contribution in [2.24, 2.45) is 5.14 Å². The molecule has 4 rings (SSSR count). The zero-order valence-corrected chi connectivity index (χ0v) is 15.6. The van der Waals surface area contributed by atoms with E-state index in [-0.39, 0.29) is 16.5 Å². The zero-order chi connectivity index (χ0) is 19.7. The van der Waals surface area contributed by atoms with Gasteiger partial charge in [0, 0.05) is 5.69 Å². The van der Waals surface area contributed by atoms with Gasteiger partial charge in [0.1, 0.15) is 11.4 Å². The molecule has 1 saturated carbocycles. The molecule has 146 valence electrons. The summed E-state index contributed by atoms with van der Waals surface area (Å²) in [5.41, 5.74) is 0.905. The predicted molar refractivity (Wildman–Crippen MR) is 99.6 cm³/mol. The van der Waals surface area contributed by atoms with Crippen molar-refractivity contribution in [2.45, 2.75) is 36.6 Å². The second kappa shape index (κ2) is 7.24. The molecule has 9 nitrogen and oxygen atoms in total. The largest absolute Gasteiger partial charge is 0.324 e. The van der Waals surface area contributed by atoms with Gasteiger partial charge in [0.25, 0.3) is 0 Å². The fourth-order valence-electron chi connectivity index (χ4n) is 3.20. The zero-order valence-electron chi connectivity index (χ0n) is 14.8. The Morgan fingerprint density at radius 1 is 1.18 bits per heavy atom. The second-order valence-electron chi connectivity index (χ2n) is 6.61. The molecule has 1 aromatic carbocycles. The topological polar surface area (TPSA) is 129 Å². The number of aromatic nitrogens is 5. The summed E-state index contributed by atoms with van der Waals surface area (Å²) in [7, 11) is -3.77. The number of hydrogen-bond donors (Lipinski definition) is 2. The highest BCUT2D eigenvalue weighted by molar-refractivity contribution is 7.89. The Balaban J connectivity index is 1.57. The van der Waals surface area contributed by atoms with Crippen LogP contribution >= 0.6 is 0 Å². The maximum Gasteiger partial charge on any atom is 0.238 e. The van der Waals surface area contributed by atoms with Crippen LogP contribution in [0.3, 0.4) is 0 Å². The van der Waals surface area contributed by atoms with Gasteiger partial charge in [0.2, 0.25) is 16.0 Å². The average molecular weight is 403 g/mol. The highest BCUT2D eigenvalue weighted by Crippen LogP contribution is 2.30. The summed E-state index contributed by atoms with van der Waals surface area (Å²) in [5, 5.41) is 16.1. The molecule has 11 heteroatoms. The Morgan fingerprint density at radius 2 is 1.89 bits per heavy atom. The van der Waals surface area contributed by atoms with Gasteiger partial charge < -0.3 is 5.32 Å². The molecule has 2 aromatic heterocycles. The Kier molecular flexibility index (Phi) is 4.77. The standard InChI is InChI=1S/C17H18FN7O2S/c18-14-9-20-17(21-11-5-7-13(8-6-11)28(19,26)27)22-16(14)15-10-25(24-23-15)12-3-1-2-4-12/h5-10,12H,1-4H2,(H2,19,26,27)(H,20,21,22). The van der Waals surface area contributed by atoms with Gasteiger partial charge in [-0.3, -0.25) is 0 Å². The molecule has 0 aliphatic heterocycles. The van der Waals surface area contributed by atoms with E-state index in [2.05, 4.69) is 25.6 Å². The molecule has 1 aliphatic carbocycles. The number of nitrogens with one attached hydrogen (secondary N) is 1. The van der Waals surface area contributed by atoms with E-state index >= 15 is 0 Å². The third kappa shape index (κ3) is 3.85. The van der Waals surface area contributed by atoms with E-state index in [9.17, 15) is 12.8 Å². The number of nitrogens with two attached hydrogens (primary N) is 1. The van der Waals surface area contributed by atoms with Gasteiger partial charge in [-0.1, -0.05) is 18.1 Å². The summed E-state index contributed by atoms with van der Waals surface area (Å²) < 4.78 is 38.7. The van der Waals surface area contributed by atoms with Gasteiger partial charge in [0.05, 0.1) is 23.3 Å². The number of hydrogen-bond acceptors (Lipinski definition) is 7. The molecule has 0 saturated heterocycles. The third-order valence-corrected chi connectivity index (χ3v) is 5.56. The monoisotopic (exact) mass is 403 g/mol. The minimum atomic E-state index is -3.77. The molecule has 0 bridgehead atoms. The first kappa shape index (κ1) is 18.4. The Morgan fingerprint density at radius 3 is 2.57 bits per heavy atom. The fourth-order valence-corrected chi connectivity index (χ4v) is 3.71. The molecular formula is C17H18FN7O2S. The summed E-state index contributed by atoms with van der Waals surface area (Å²) in [6.45, 7) is 0. The van der Waals surface area contributed by atoms with Crippen molar-refractivity contribution in [3.05, 3.63) is 42.5 Å². The number of halogens is 1. The summed E-state index contributed by atoms with van der Waals surface area (Å²) in [4.78, 5) is 8.10. The first-order valence-electron chi connectivity index (χ1n) is 8.75. The molecule has 1 aliphatic rings. The second-order valence-corrected chi connectivity index (χ2v) is 8.17. The van der Waals surface area contributed by atoms with E-state index in [0.717, 1.165) is 31.9 Å². The molecule has 3 aromatic rings. The molecule has 1 fully saturated rings. The maximum atomic E-state index is 14.3. The Hall–Kier alpha value is -2.92. The van der Waals surface area contributed by atoms with Crippen molar-refractivity contribution in [3.8, 4) is 11.4 Å². The van der Waals surface area contributed by atoms with Crippen LogP contribution < -0.4 is 10.5 Å². The average Bonchev–Trinajstić information content (AvgIpc) is 3.34. The molecule has 3 N–H and O–H groups in total. The van der Waals surface area contributed by atoms with E-state index in [0.29, 0.717) is 17.4 Å². The normalized spacial score (nSPS) is 15.1. The fraction of sp³-hybridized carbons (Fsp3) is 0.294. The van der Waals surface area contributed by atoms with E-state index in [1.807, 2.05) is 0 Å². The molecule has 28 heavy (non-hydrogen) atoms. The number of sulfonamides is 1. The van der Waals surface area contributed by atoms with E-state index in [1.165, 1.54) is 24.3 Å². The molecule has 0 amide bonds. The number of nitrogens with zero attached hydrogens (tertiary/aromatic N) is 5. The molecule has 0 unspecified atom stereocenters. The van der Waals surface area contributed by atoms with Gasteiger partial charge in [0.15, 0.2) is 5.82 Å². The van der Waals surface area contributed by atoms with Crippen molar-refractivity contribution in [1.82, 2.24) is 25.0 Å². The summed E-state index contributed by atoms with van der Waals surface area (Å²) >= 11 is 0. The van der Waals surface area contributed by atoms with Crippen molar-refractivity contribution >= 4 is 21.7 Å². The van der Waals surface area contributed by atoms with Gasteiger partial charge >= 0.3 is 0 Å². The minimum Gasteiger partial charge on any atom is -0.324 e. The number of rotatable bonds is 5.